The Morgan fingerprint density at radius 2 is 1.56 bits per heavy atom. The molecule has 1 aromatic heterocycles. The van der Waals surface area contributed by atoms with Crippen LogP contribution in [0.4, 0.5) is 5.95 Å². The number of nitrogens with zero attached hydrogens (tertiary/aromatic N) is 3. The van der Waals surface area contributed by atoms with Crippen LogP contribution in [0.15, 0.2) is 89.7 Å². The molecule has 0 fully saturated rings. The number of nitrogens with one attached hydrogen (secondary N) is 1. The van der Waals surface area contributed by atoms with Gasteiger partial charge in [-0.3, -0.25) is 10.1 Å². The van der Waals surface area contributed by atoms with E-state index < -0.39 is 0 Å². The molecule has 4 aromatic rings. The Bertz CT molecular complexity index is 1160. The molecule has 1 heterocycles. The van der Waals surface area contributed by atoms with Crippen molar-refractivity contribution < 1.29 is 14.3 Å². The Morgan fingerprint density at radius 3 is 2.31 bits per heavy atom. The van der Waals surface area contributed by atoms with Crippen LogP contribution in [0.3, 0.4) is 0 Å². The lowest BCUT2D eigenvalue weighted by molar-refractivity contribution is -0.118. The molecule has 0 radical (unpaired) electrons. The van der Waals surface area contributed by atoms with E-state index in [1.807, 2.05) is 72.8 Å². The summed E-state index contributed by atoms with van der Waals surface area (Å²) in [6.07, 6.45) is 1.57. The van der Waals surface area contributed by atoms with Gasteiger partial charge in [0.05, 0.1) is 6.54 Å². The lowest BCUT2D eigenvalue weighted by Crippen LogP contribution is -2.21. The Hall–Kier alpha value is -3.65. The number of para-hydroxylation sites is 2. The maximum absolute atomic E-state index is 12.3. The second-order valence-electron chi connectivity index (χ2n) is 6.95. The molecule has 0 aliphatic rings. The number of carbonyl (C=O) groups is 1. The molecule has 4 rings (SSSR count). The molecule has 1 N–H and O–H groups in total. The predicted octanol–water partition coefficient (Wildman–Crippen LogP) is 4.69. The van der Waals surface area contributed by atoms with Crippen molar-refractivity contribution in [2.24, 2.45) is 0 Å². The van der Waals surface area contributed by atoms with Crippen LogP contribution in [0.1, 0.15) is 11.1 Å². The maximum atomic E-state index is 12.3. The summed E-state index contributed by atoms with van der Waals surface area (Å²) in [5, 5.41) is 6.93. The number of halogens is 1. The summed E-state index contributed by atoms with van der Waals surface area (Å²) in [6.45, 7) is 0.777. The molecule has 0 spiro atoms. The standard InChI is InChI=1S/C24H21BrN4O3/c25-20-12-10-18(11-13-20)14-29-17-26-24(28-29)27-23(30)16-32-22-9-5-4-8-21(22)31-15-19-6-2-1-3-7-19/h1-13,17H,14-16H2,(H,27,28,30). The van der Waals surface area contributed by atoms with E-state index in [2.05, 4.69) is 31.3 Å². The van der Waals surface area contributed by atoms with E-state index in [0.717, 1.165) is 15.6 Å². The van der Waals surface area contributed by atoms with Crippen molar-refractivity contribution in [3.05, 3.63) is 101 Å². The molecule has 3 aromatic carbocycles. The van der Waals surface area contributed by atoms with Crippen molar-refractivity contribution in [2.75, 3.05) is 11.9 Å². The molecule has 0 aliphatic carbocycles. The van der Waals surface area contributed by atoms with Crippen molar-refractivity contribution in [3.8, 4) is 11.5 Å². The third kappa shape index (κ3) is 6.18. The van der Waals surface area contributed by atoms with Crippen LogP contribution < -0.4 is 14.8 Å². The zero-order chi connectivity index (χ0) is 22.2. The van der Waals surface area contributed by atoms with Gasteiger partial charge in [0.1, 0.15) is 12.9 Å². The zero-order valence-corrected chi connectivity index (χ0v) is 18.7. The van der Waals surface area contributed by atoms with Crippen molar-refractivity contribution >= 4 is 27.8 Å². The number of aromatic nitrogens is 3. The monoisotopic (exact) mass is 492 g/mol. The van der Waals surface area contributed by atoms with Gasteiger partial charge in [-0.15, -0.1) is 5.10 Å². The van der Waals surface area contributed by atoms with E-state index in [1.54, 1.807) is 17.1 Å². The fraction of sp³-hybridized carbons (Fsp3) is 0.125. The minimum Gasteiger partial charge on any atom is -0.485 e. The molecule has 0 atom stereocenters. The average Bonchev–Trinajstić information content (AvgIpc) is 3.25. The van der Waals surface area contributed by atoms with Gasteiger partial charge in [0.2, 0.25) is 5.95 Å². The fourth-order valence-corrected chi connectivity index (χ4v) is 3.20. The third-order valence-electron chi connectivity index (χ3n) is 4.49. The Balaban J connectivity index is 1.29. The number of rotatable bonds is 9. The van der Waals surface area contributed by atoms with Crippen LogP contribution in [0.2, 0.25) is 0 Å². The van der Waals surface area contributed by atoms with Crippen LogP contribution in [0.5, 0.6) is 11.5 Å². The van der Waals surface area contributed by atoms with Crippen molar-refractivity contribution in [1.29, 1.82) is 0 Å². The topological polar surface area (TPSA) is 78.3 Å². The van der Waals surface area contributed by atoms with Gasteiger partial charge in [-0.2, -0.15) is 0 Å². The normalized spacial score (nSPS) is 10.5. The minimum atomic E-state index is -0.357. The highest BCUT2D eigenvalue weighted by atomic mass is 79.9. The van der Waals surface area contributed by atoms with Crippen molar-refractivity contribution in [3.63, 3.8) is 0 Å². The van der Waals surface area contributed by atoms with Gasteiger partial charge in [-0.1, -0.05) is 70.5 Å². The quantitative estimate of drug-likeness (QED) is 0.366. The maximum Gasteiger partial charge on any atom is 0.264 e. The van der Waals surface area contributed by atoms with Crippen molar-refractivity contribution in [2.45, 2.75) is 13.2 Å². The first-order valence-corrected chi connectivity index (χ1v) is 10.8. The molecule has 8 heteroatoms. The van der Waals surface area contributed by atoms with Crippen LogP contribution in [-0.4, -0.2) is 27.3 Å². The van der Waals surface area contributed by atoms with Gasteiger partial charge in [-0.05, 0) is 35.4 Å². The minimum absolute atomic E-state index is 0.188. The van der Waals surface area contributed by atoms with Gasteiger partial charge in [0, 0.05) is 4.47 Å². The molecular weight excluding hydrogens is 472 g/mol. The molecule has 0 saturated heterocycles. The van der Waals surface area contributed by atoms with Gasteiger partial charge in [0.15, 0.2) is 18.1 Å². The molecule has 32 heavy (non-hydrogen) atoms. The van der Waals surface area contributed by atoms with E-state index in [0.29, 0.717) is 24.7 Å². The van der Waals surface area contributed by atoms with Crippen LogP contribution in [0.25, 0.3) is 0 Å². The summed E-state index contributed by atoms with van der Waals surface area (Å²) >= 11 is 3.42. The lowest BCUT2D eigenvalue weighted by atomic mass is 10.2. The summed E-state index contributed by atoms with van der Waals surface area (Å²) in [4.78, 5) is 16.4. The van der Waals surface area contributed by atoms with Crippen LogP contribution >= 0.6 is 15.9 Å². The van der Waals surface area contributed by atoms with E-state index in [4.69, 9.17) is 9.47 Å². The second kappa shape index (κ2) is 10.6. The van der Waals surface area contributed by atoms with Gasteiger partial charge < -0.3 is 9.47 Å². The number of carbonyl (C=O) groups excluding carboxylic acids is 1. The highest BCUT2D eigenvalue weighted by Crippen LogP contribution is 2.27. The number of benzene rings is 3. The first kappa shape index (κ1) is 21.6. The number of amides is 1. The fourth-order valence-electron chi connectivity index (χ4n) is 2.93. The number of hydrogen-bond donors (Lipinski definition) is 1. The number of hydrogen-bond acceptors (Lipinski definition) is 5. The van der Waals surface area contributed by atoms with Crippen LogP contribution in [-0.2, 0) is 17.9 Å². The van der Waals surface area contributed by atoms with Gasteiger partial charge >= 0.3 is 0 Å². The summed E-state index contributed by atoms with van der Waals surface area (Å²) in [7, 11) is 0. The predicted molar refractivity (Wildman–Crippen MR) is 125 cm³/mol. The van der Waals surface area contributed by atoms with E-state index in [9.17, 15) is 4.79 Å². The molecule has 162 valence electrons. The number of ether oxygens (including phenoxy) is 2. The molecule has 0 unspecified atom stereocenters. The highest BCUT2D eigenvalue weighted by Gasteiger charge is 2.10. The van der Waals surface area contributed by atoms with E-state index >= 15 is 0 Å². The Kier molecular flexibility index (Phi) is 7.14. The summed E-state index contributed by atoms with van der Waals surface area (Å²) in [6, 6.07) is 25.0. The summed E-state index contributed by atoms with van der Waals surface area (Å²) in [5.74, 6) is 0.932. The largest absolute Gasteiger partial charge is 0.485 e. The summed E-state index contributed by atoms with van der Waals surface area (Å²) in [5.41, 5.74) is 2.12. The molecule has 0 bridgehead atoms. The van der Waals surface area contributed by atoms with Gasteiger partial charge in [0.25, 0.3) is 5.91 Å². The van der Waals surface area contributed by atoms with Crippen molar-refractivity contribution in [1.82, 2.24) is 14.8 Å². The van der Waals surface area contributed by atoms with Gasteiger partial charge in [-0.25, -0.2) is 9.67 Å². The zero-order valence-electron chi connectivity index (χ0n) is 17.1. The lowest BCUT2D eigenvalue weighted by Gasteiger charge is -2.12. The molecule has 0 aliphatic heterocycles. The first-order valence-electron chi connectivity index (χ1n) is 9.98. The SMILES string of the molecule is O=C(COc1ccccc1OCc1ccccc1)Nc1ncn(Cc2ccc(Br)cc2)n1. The molecule has 7 nitrogen and oxygen atoms in total. The van der Waals surface area contributed by atoms with Crippen LogP contribution in [0, 0.1) is 0 Å². The second-order valence-corrected chi connectivity index (χ2v) is 7.87. The summed E-state index contributed by atoms with van der Waals surface area (Å²) < 4.78 is 14.2. The highest BCUT2D eigenvalue weighted by molar-refractivity contribution is 9.10. The average molecular weight is 493 g/mol. The first-order chi connectivity index (χ1) is 15.7. The Morgan fingerprint density at radius 1 is 0.875 bits per heavy atom. The van der Waals surface area contributed by atoms with E-state index in [-0.39, 0.29) is 18.5 Å². The molecule has 0 saturated carbocycles. The molecular formula is C24H21BrN4O3. The Labute approximate surface area is 194 Å². The number of anilines is 1. The smallest absolute Gasteiger partial charge is 0.264 e. The van der Waals surface area contributed by atoms with E-state index in [1.165, 1.54) is 0 Å². The third-order valence-corrected chi connectivity index (χ3v) is 5.02. The molecule has 1 amide bonds.